The Morgan fingerprint density at radius 1 is 0.889 bits per heavy atom. The maximum Gasteiger partial charge on any atom is 0.0725 e. The Morgan fingerprint density at radius 3 is 1.78 bits per heavy atom. The molecule has 0 unspecified atom stereocenters. The first-order chi connectivity index (χ1) is 7.74. The van der Waals surface area contributed by atoms with Gasteiger partial charge in [0.1, 0.15) is 0 Å². The summed E-state index contributed by atoms with van der Waals surface area (Å²) in [6.07, 6.45) is 0. The van der Waals surface area contributed by atoms with E-state index in [1.165, 1.54) is 6.07 Å². The molecule has 0 aliphatic rings. The third kappa shape index (κ3) is 8.16. The smallest absolute Gasteiger partial charge is 0.0725 e. The number of halogens is 2. The van der Waals surface area contributed by atoms with Crippen LogP contribution in [0.4, 0.5) is 8.78 Å². The average molecular weight is 393 g/mol. The fraction of sp³-hybridized carbons (Fsp3) is 0. The van der Waals surface area contributed by atoms with E-state index in [-0.39, 0.29) is 65.4 Å². The van der Waals surface area contributed by atoms with E-state index in [1.54, 1.807) is 24.3 Å². The molecule has 0 amide bonds. The van der Waals surface area contributed by atoms with E-state index in [9.17, 15) is 8.78 Å². The van der Waals surface area contributed by atoms with Gasteiger partial charge in [0.25, 0.3) is 0 Å². The number of hydrogen-bond donors (Lipinski definition) is 0. The Morgan fingerprint density at radius 2 is 1.44 bits per heavy atom. The van der Waals surface area contributed by atoms with Crippen molar-refractivity contribution in [2.75, 3.05) is 0 Å². The number of hydrogen-bond acceptors (Lipinski definition) is 1. The van der Waals surface area contributed by atoms with Gasteiger partial charge in [0, 0.05) is 77.1 Å². The zero-order valence-electron chi connectivity index (χ0n) is 9.40. The molecular weight excluding hydrogens is 386 g/mol. The first-order valence-electron chi connectivity index (χ1n) is 4.41. The second-order valence-electron chi connectivity index (χ2n) is 2.74. The first kappa shape index (κ1) is 20.3. The van der Waals surface area contributed by atoms with Crippen LogP contribution in [0.2, 0.25) is 0 Å². The predicted molar refractivity (Wildman–Crippen MR) is 55.2 cm³/mol. The van der Waals surface area contributed by atoms with Crippen molar-refractivity contribution in [2.24, 2.45) is 0 Å². The Kier molecular flexibility index (Phi) is 13.6. The second-order valence-corrected chi connectivity index (χ2v) is 2.74. The summed E-state index contributed by atoms with van der Waals surface area (Å²) in [6.45, 7) is 0. The summed E-state index contributed by atoms with van der Waals surface area (Å²) in [5, 5.41) is 8.27. The third-order valence-electron chi connectivity index (χ3n) is 1.61. The normalized spacial score (nSPS) is 7.61. The molecule has 0 saturated carbocycles. The van der Waals surface area contributed by atoms with Crippen molar-refractivity contribution < 1.29 is 74.2 Å². The quantitative estimate of drug-likeness (QED) is 0.632. The molecule has 0 spiro atoms. The zero-order chi connectivity index (χ0) is 11.8. The fourth-order valence-electron chi connectivity index (χ4n) is 0.853. The van der Waals surface area contributed by atoms with Crippen molar-refractivity contribution in [3.63, 3.8) is 0 Å². The molecule has 86 valence electrons. The standard InChI is InChI=1S/C7H4N.C6H3F2.2Y/c8-6-7-4-2-1-3-5-7;7-5-3-1-2-4-6(5)8;;/h2-5H;1,3-4H;;/q2*-1;;. The molecule has 0 fully saturated rings. The Bertz CT molecular complexity index is 463. The summed E-state index contributed by atoms with van der Waals surface area (Å²) in [6, 6.07) is 17.4. The van der Waals surface area contributed by atoms with E-state index in [1.807, 2.05) is 6.07 Å². The van der Waals surface area contributed by atoms with Gasteiger partial charge in [-0.1, -0.05) is 5.56 Å². The maximum atomic E-state index is 11.9. The van der Waals surface area contributed by atoms with Crippen LogP contribution in [-0.2, 0) is 65.4 Å². The largest absolute Gasteiger partial charge is 0.281 e. The number of benzene rings is 2. The maximum absolute atomic E-state index is 11.9. The van der Waals surface area contributed by atoms with Crippen molar-refractivity contribution >= 4 is 0 Å². The summed E-state index contributed by atoms with van der Waals surface area (Å²) in [5.74, 6) is -1.68. The minimum atomic E-state index is -0.854. The topological polar surface area (TPSA) is 23.8 Å². The van der Waals surface area contributed by atoms with Crippen LogP contribution in [0.3, 0.4) is 0 Å². The van der Waals surface area contributed by atoms with Gasteiger partial charge >= 0.3 is 0 Å². The molecule has 2 rings (SSSR count). The van der Waals surface area contributed by atoms with Gasteiger partial charge in [-0.05, 0) is 0 Å². The minimum absolute atomic E-state index is 0. The monoisotopic (exact) mass is 393 g/mol. The van der Waals surface area contributed by atoms with Gasteiger partial charge in [0.05, 0.1) is 6.07 Å². The minimum Gasteiger partial charge on any atom is -0.281 e. The Hall–Kier alpha value is -0.00221. The Labute approximate surface area is 155 Å². The van der Waals surface area contributed by atoms with Crippen LogP contribution in [0.25, 0.3) is 0 Å². The molecule has 0 saturated heterocycles. The molecule has 18 heavy (non-hydrogen) atoms. The van der Waals surface area contributed by atoms with E-state index in [0.29, 0.717) is 5.56 Å². The Balaban J connectivity index is 0. The van der Waals surface area contributed by atoms with Gasteiger partial charge in [-0.25, -0.2) is 4.39 Å². The molecule has 2 radical (unpaired) electrons. The molecule has 2 aromatic carbocycles. The second kappa shape index (κ2) is 12.1. The van der Waals surface area contributed by atoms with Crippen molar-refractivity contribution in [2.45, 2.75) is 0 Å². The van der Waals surface area contributed by atoms with E-state index in [2.05, 4.69) is 12.1 Å². The van der Waals surface area contributed by atoms with E-state index >= 15 is 0 Å². The summed E-state index contributed by atoms with van der Waals surface area (Å²) >= 11 is 0. The SMILES string of the molecule is Fc1c[c-]ccc1F.N#Cc1cc[c-]cc1.[Y].[Y]. The number of nitriles is 1. The number of rotatable bonds is 0. The van der Waals surface area contributed by atoms with Crippen molar-refractivity contribution in [1.29, 1.82) is 5.26 Å². The summed E-state index contributed by atoms with van der Waals surface area (Å²) in [7, 11) is 0. The summed E-state index contributed by atoms with van der Waals surface area (Å²) < 4.78 is 23.8. The van der Waals surface area contributed by atoms with E-state index < -0.39 is 11.6 Å². The van der Waals surface area contributed by atoms with Gasteiger partial charge in [0.2, 0.25) is 0 Å². The molecule has 0 bridgehead atoms. The van der Waals surface area contributed by atoms with Crippen LogP contribution in [0.15, 0.2) is 42.5 Å². The molecule has 0 heterocycles. The molecule has 5 heteroatoms. The molecular formula is C13H7F2NY2-2. The average Bonchev–Trinajstić information content (AvgIpc) is 2.35. The van der Waals surface area contributed by atoms with E-state index in [0.717, 1.165) is 12.1 Å². The van der Waals surface area contributed by atoms with Crippen LogP contribution < -0.4 is 0 Å². The number of nitrogens with zero attached hydrogens (tertiary/aromatic N) is 1. The fourth-order valence-corrected chi connectivity index (χ4v) is 0.853. The molecule has 0 aliphatic carbocycles. The molecule has 0 aromatic heterocycles. The van der Waals surface area contributed by atoms with Gasteiger partial charge in [0.15, 0.2) is 0 Å². The zero-order valence-corrected chi connectivity index (χ0v) is 15.1. The third-order valence-corrected chi connectivity index (χ3v) is 1.61. The summed E-state index contributed by atoms with van der Waals surface area (Å²) in [5.41, 5.74) is 0.684. The van der Waals surface area contributed by atoms with Crippen LogP contribution in [0.1, 0.15) is 5.56 Å². The van der Waals surface area contributed by atoms with Crippen molar-refractivity contribution in [1.82, 2.24) is 0 Å². The predicted octanol–water partition coefficient (Wildman–Crippen LogP) is 3.12. The summed E-state index contributed by atoms with van der Waals surface area (Å²) in [4.78, 5) is 0. The van der Waals surface area contributed by atoms with Gasteiger partial charge in [-0.2, -0.15) is 47.7 Å². The molecule has 1 nitrogen and oxygen atoms in total. The van der Waals surface area contributed by atoms with Gasteiger partial charge < -0.3 is 0 Å². The molecule has 2 aromatic rings. The van der Waals surface area contributed by atoms with Crippen molar-refractivity contribution in [3.05, 3.63) is 71.8 Å². The molecule has 0 aliphatic heterocycles. The van der Waals surface area contributed by atoms with Crippen LogP contribution in [-0.4, -0.2) is 0 Å². The van der Waals surface area contributed by atoms with Gasteiger partial charge in [-0.3, -0.25) is 4.39 Å². The van der Waals surface area contributed by atoms with Crippen LogP contribution >= 0.6 is 0 Å². The van der Waals surface area contributed by atoms with E-state index in [4.69, 9.17) is 5.26 Å². The molecule has 0 N–H and O–H groups in total. The first-order valence-corrected chi connectivity index (χ1v) is 4.41. The van der Waals surface area contributed by atoms with Crippen LogP contribution in [0.5, 0.6) is 0 Å². The van der Waals surface area contributed by atoms with Gasteiger partial charge in [-0.15, -0.1) is 12.1 Å². The molecule has 0 atom stereocenters. The van der Waals surface area contributed by atoms with Crippen molar-refractivity contribution in [3.8, 4) is 6.07 Å². The van der Waals surface area contributed by atoms with Crippen LogP contribution in [0, 0.1) is 35.1 Å².